The lowest BCUT2D eigenvalue weighted by atomic mass is 9.79. The first kappa shape index (κ1) is 14.5. The van der Waals surface area contributed by atoms with Gasteiger partial charge in [0.25, 0.3) is 0 Å². The Hall–Kier alpha value is 1.38. The third kappa shape index (κ3) is 1.41. The van der Waals surface area contributed by atoms with Crippen LogP contribution in [-0.2, 0) is 0 Å². The fourth-order valence-corrected chi connectivity index (χ4v) is 12.9. The molecule has 0 aromatic heterocycles. The Balaban J connectivity index is 1.49. The van der Waals surface area contributed by atoms with E-state index in [-0.39, 0.29) is 12.2 Å². The second-order valence-electron chi connectivity index (χ2n) is 9.12. The van der Waals surface area contributed by atoms with Crippen molar-refractivity contribution in [2.45, 2.75) is 45.7 Å². The summed E-state index contributed by atoms with van der Waals surface area (Å²) < 4.78 is 1.54. The highest BCUT2D eigenvalue weighted by molar-refractivity contribution is 14.1. The maximum Gasteiger partial charge on any atom is 0.0574 e. The van der Waals surface area contributed by atoms with Crippen molar-refractivity contribution in [3.63, 3.8) is 0 Å². The summed E-state index contributed by atoms with van der Waals surface area (Å²) >= 11 is 5.56. The molecular formula is C18H24I2O2. The van der Waals surface area contributed by atoms with E-state index in [2.05, 4.69) is 45.2 Å². The molecule has 0 unspecified atom stereocenters. The first-order chi connectivity index (χ1) is 10.6. The van der Waals surface area contributed by atoms with Crippen molar-refractivity contribution in [1.29, 1.82) is 0 Å². The Morgan fingerprint density at radius 2 is 0.909 bits per heavy atom. The molecule has 2 nitrogen and oxygen atoms in total. The van der Waals surface area contributed by atoms with E-state index in [1.54, 1.807) is 0 Å². The second kappa shape index (κ2) is 4.56. The minimum Gasteiger partial charge on any atom is -0.393 e. The van der Waals surface area contributed by atoms with E-state index >= 15 is 0 Å². The summed E-state index contributed by atoms with van der Waals surface area (Å²) in [5.41, 5.74) is 0. The predicted molar refractivity (Wildman–Crippen MR) is 101 cm³/mol. The molecule has 0 heterocycles. The van der Waals surface area contributed by atoms with Gasteiger partial charge in [0.05, 0.1) is 12.2 Å². The number of halogens is 2. The molecule has 0 saturated heterocycles. The smallest absolute Gasteiger partial charge is 0.0574 e. The van der Waals surface area contributed by atoms with Crippen LogP contribution in [-0.4, -0.2) is 30.3 Å². The summed E-state index contributed by atoms with van der Waals surface area (Å²) in [5.74, 6) is 7.92. The monoisotopic (exact) mass is 526 g/mol. The van der Waals surface area contributed by atoms with Crippen molar-refractivity contribution < 1.29 is 10.2 Å². The maximum absolute atomic E-state index is 10.6. The van der Waals surface area contributed by atoms with Crippen LogP contribution in [0.4, 0.5) is 0 Å². The van der Waals surface area contributed by atoms with Crippen molar-refractivity contribution in [3.8, 4) is 0 Å². The molecule has 4 heteroatoms. The molecular weight excluding hydrogens is 502 g/mol. The Kier molecular flexibility index (Phi) is 3.01. The van der Waals surface area contributed by atoms with E-state index < -0.39 is 0 Å². The Bertz CT molecular complexity index is 481. The van der Waals surface area contributed by atoms with E-state index in [4.69, 9.17) is 0 Å². The number of alkyl halides is 2. The summed E-state index contributed by atoms with van der Waals surface area (Å²) in [5, 5.41) is 21.3. The lowest BCUT2D eigenvalue weighted by Gasteiger charge is -2.32. The molecule has 2 N–H and O–H groups in total. The molecule has 0 aromatic rings. The topological polar surface area (TPSA) is 40.5 Å². The molecule has 22 heavy (non-hydrogen) atoms. The van der Waals surface area contributed by atoms with Gasteiger partial charge in [-0.1, -0.05) is 45.2 Å². The van der Waals surface area contributed by atoms with Gasteiger partial charge in [-0.2, -0.15) is 0 Å². The summed E-state index contributed by atoms with van der Waals surface area (Å²) in [7, 11) is 0. The third-order valence-corrected chi connectivity index (χ3v) is 12.4. The van der Waals surface area contributed by atoms with Crippen molar-refractivity contribution >= 4 is 45.2 Å². The molecule has 6 fully saturated rings. The third-order valence-electron chi connectivity index (χ3n) is 9.04. The highest BCUT2D eigenvalue weighted by Crippen LogP contribution is 2.78. The van der Waals surface area contributed by atoms with Crippen LogP contribution in [0.1, 0.15) is 25.7 Å². The second-order valence-corrected chi connectivity index (χ2v) is 12.0. The minimum atomic E-state index is -0.0105. The van der Waals surface area contributed by atoms with Crippen molar-refractivity contribution in [1.82, 2.24) is 0 Å². The zero-order valence-electron chi connectivity index (χ0n) is 12.6. The fourth-order valence-electron chi connectivity index (χ4n) is 8.93. The van der Waals surface area contributed by atoms with Gasteiger partial charge in [-0.3, -0.25) is 0 Å². The molecule has 0 aliphatic heterocycles. The van der Waals surface area contributed by atoms with Crippen LogP contribution in [0.3, 0.4) is 0 Å². The van der Waals surface area contributed by atoms with E-state index in [0.29, 0.717) is 11.8 Å². The number of aliphatic hydroxyl groups is 2. The van der Waals surface area contributed by atoms with Crippen LogP contribution in [0.15, 0.2) is 0 Å². The van der Waals surface area contributed by atoms with Gasteiger partial charge in [0.2, 0.25) is 0 Å². The first-order valence-corrected chi connectivity index (χ1v) is 11.7. The molecule has 0 radical (unpaired) electrons. The average molecular weight is 526 g/mol. The average Bonchev–Trinajstić information content (AvgIpc) is 3.22. The van der Waals surface area contributed by atoms with Gasteiger partial charge < -0.3 is 10.2 Å². The zero-order valence-corrected chi connectivity index (χ0v) is 16.9. The summed E-state index contributed by atoms with van der Waals surface area (Å²) in [6.07, 6.45) is 4.63. The first-order valence-electron chi connectivity index (χ1n) is 9.25. The Morgan fingerprint density at radius 1 is 0.500 bits per heavy atom. The number of hydrogen-bond acceptors (Lipinski definition) is 2. The van der Waals surface area contributed by atoms with Crippen LogP contribution >= 0.6 is 45.2 Å². The SMILES string of the molecule is O[C@@H]1CC[C@@H]2[C@@H]1[C@@H]1[C@H](I)[C@@H]3[C@@H]4CC[C@H](O)[C@@H]4[C@@H]4[C@H](I)[C@@H]2[C@H]1[C@H]43. The van der Waals surface area contributed by atoms with Gasteiger partial charge in [0.15, 0.2) is 0 Å². The quantitative estimate of drug-likeness (QED) is 0.377. The van der Waals surface area contributed by atoms with Gasteiger partial charge in [0.1, 0.15) is 0 Å². The molecule has 6 aliphatic carbocycles. The van der Waals surface area contributed by atoms with Crippen LogP contribution in [0, 0.1) is 59.2 Å². The summed E-state index contributed by atoms with van der Waals surface area (Å²) in [6.45, 7) is 0. The standard InChI is InChI=1S/C18H24I2O2/c19-17-11-5-1-3-7(21)9(5)15-13(11)14-12(18(15)20)6-2-4-8(22)10(6)16(14)17/h5-18,21-22H,1-4H2/t5-,6-,7-,8+,9+,10-,11+,12-,13+,14-,15+,16+,17-,18-/m1/s1. The minimum absolute atomic E-state index is 0.0105. The van der Waals surface area contributed by atoms with Crippen molar-refractivity contribution in [3.05, 3.63) is 0 Å². The van der Waals surface area contributed by atoms with E-state index in [0.717, 1.165) is 68.0 Å². The maximum atomic E-state index is 10.6. The lowest BCUT2D eigenvalue weighted by Crippen LogP contribution is -2.34. The van der Waals surface area contributed by atoms with Crippen LogP contribution in [0.5, 0.6) is 0 Å². The molecule has 0 aromatic carbocycles. The fraction of sp³-hybridized carbons (Fsp3) is 1.00. The number of rotatable bonds is 0. The largest absolute Gasteiger partial charge is 0.393 e. The molecule has 122 valence electrons. The van der Waals surface area contributed by atoms with Crippen LogP contribution in [0.2, 0.25) is 0 Å². The Labute approximate surface area is 159 Å². The molecule has 6 saturated carbocycles. The highest BCUT2D eigenvalue weighted by atomic mass is 127. The molecule has 0 spiro atoms. The normalized spacial score (nSPS) is 73.6. The lowest BCUT2D eigenvalue weighted by molar-refractivity contribution is 0.0746. The molecule has 0 amide bonds. The van der Waals surface area contributed by atoms with Gasteiger partial charge in [-0.05, 0) is 84.9 Å². The van der Waals surface area contributed by atoms with Crippen LogP contribution < -0.4 is 0 Å². The van der Waals surface area contributed by atoms with Gasteiger partial charge >= 0.3 is 0 Å². The van der Waals surface area contributed by atoms with Gasteiger partial charge in [-0.25, -0.2) is 0 Å². The predicted octanol–water partition coefficient (Wildman–Crippen LogP) is 3.12. The zero-order chi connectivity index (χ0) is 14.9. The molecule has 6 rings (SSSR count). The van der Waals surface area contributed by atoms with Gasteiger partial charge in [0, 0.05) is 7.85 Å². The number of hydrogen-bond donors (Lipinski definition) is 2. The molecule has 14 atom stereocenters. The summed E-state index contributed by atoms with van der Waals surface area (Å²) in [4.78, 5) is 0. The Morgan fingerprint density at radius 3 is 1.32 bits per heavy atom. The van der Waals surface area contributed by atoms with E-state index in [1.807, 2.05) is 0 Å². The van der Waals surface area contributed by atoms with Crippen LogP contribution in [0.25, 0.3) is 0 Å². The number of aliphatic hydroxyl groups excluding tert-OH is 2. The van der Waals surface area contributed by atoms with Gasteiger partial charge in [-0.15, -0.1) is 0 Å². The van der Waals surface area contributed by atoms with Crippen molar-refractivity contribution in [2.24, 2.45) is 59.2 Å². The highest BCUT2D eigenvalue weighted by Gasteiger charge is 2.77. The summed E-state index contributed by atoms with van der Waals surface area (Å²) in [6, 6.07) is 0. The molecule has 6 aliphatic rings. The van der Waals surface area contributed by atoms with Crippen molar-refractivity contribution in [2.75, 3.05) is 0 Å². The van der Waals surface area contributed by atoms with E-state index in [9.17, 15) is 10.2 Å². The molecule has 0 bridgehead atoms. The number of fused-ring (bicyclic) bond motifs is 6. The van der Waals surface area contributed by atoms with E-state index in [1.165, 1.54) is 12.8 Å².